The minimum absolute atomic E-state index is 0.0463. The van der Waals surface area contributed by atoms with Gasteiger partial charge in [0.1, 0.15) is 6.54 Å². The maximum atomic E-state index is 13.0. The van der Waals surface area contributed by atoms with Gasteiger partial charge in [-0.25, -0.2) is 9.59 Å². The summed E-state index contributed by atoms with van der Waals surface area (Å²) in [6.45, 7) is 17.6. The molecule has 1 heterocycles. The van der Waals surface area contributed by atoms with Crippen molar-refractivity contribution < 1.29 is 19.6 Å². The lowest BCUT2D eigenvalue weighted by Gasteiger charge is -2.33. The summed E-state index contributed by atoms with van der Waals surface area (Å²) < 4.78 is 5.38. The van der Waals surface area contributed by atoms with E-state index in [4.69, 9.17) is 4.74 Å². The highest BCUT2D eigenvalue weighted by molar-refractivity contribution is 5.95. The quantitative estimate of drug-likeness (QED) is 0.597. The van der Waals surface area contributed by atoms with E-state index >= 15 is 0 Å². The first-order valence-electron chi connectivity index (χ1n) is 10.7. The molecular weight excluding hydrogens is 378 g/mol. The fraction of sp³-hybridized carbons (Fsp3) is 0.583. The van der Waals surface area contributed by atoms with Crippen molar-refractivity contribution in [2.75, 3.05) is 13.2 Å². The molecule has 6 nitrogen and oxygen atoms in total. The molecule has 0 aromatic heterocycles. The number of quaternary nitrogens is 1. The molecule has 4 N–H and O–H groups in total. The number of benzene rings is 1. The van der Waals surface area contributed by atoms with Crippen molar-refractivity contribution in [3.05, 3.63) is 46.2 Å². The largest absolute Gasteiger partial charge is 0.463 e. The zero-order valence-corrected chi connectivity index (χ0v) is 19.7. The number of urea groups is 1. The Kier molecular flexibility index (Phi) is 7.35. The van der Waals surface area contributed by atoms with Gasteiger partial charge in [0.15, 0.2) is 0 Å². The first kappa shape index (κ1) is 23.9. The Balaban J connectivity index is 2.46. The van der Waals surface area contributed by atoms with Crippen LogP contribution in [0.1, 0.15) is 70.7 Å². The van der Waals surface area contributed by atoms with Crippen molar-refractivity contribution in [2.45, 2.75) is 73.4 Å². The summed E-state index contributed by atoms with van der Waals surface area (Å²) in [6, 6.07) is 5.23. The van der Waals surface area contributed by atoms with Crippen molar-refractivity contribution in [3.63, 3.8) is 0 Å². The van der Waals surface area contributed by atoms with Crippen LogP contribution in [0.15, 0.2) is 29.5 Å². The second-order valence-electron chi connectivity index (χ2n) is 10.1. The summed E-state index contributed by atoms with van der Waals surface area (Å²) >= 11 is 0. The number of esters is 1. The van der Waals surface area contributed by atoms with E-state index < -0.39 is 12.0 Å². The molecular formula is C24H38N3O3+. The van der Waals surface area contributed by atoms with Gasteiger partial charge in [0.25, 0.3) is 0 Å². The number of nitrogens with two attached hydrogens (primary N) is 1. The van der Waals surface area contributed by atoms with Crippen LogP contribution in [0.5, 0.6) is 0 Å². The Morgan fingerprint density at radius 2 is 1.83 bits per heavy atom. The topological polar surface area (TPSA) is 84.0 Å². The molecule has 166 valence electrons. The highest BCUT2D eigenvalue weighted by atomic mass is 16.5. The van der Waals surface area contributed by atoms with Gasteiger partial charge in [-0.05, 0) is 51.2 Å². The molecule has 0 radical (unpaired) electrons. The zero-order valence-electron chi connectivity index (χ0n) is 19.7. The summed E-state index contributed by atoms with van der Waals surface area (Å²) in [5.41, 5.74) is 4.24. The fourth-order valence-electron chi connectivity index (χ4n) is 4.35. The molecule has 1 aliphatic rings. The molecule has 0 saturated carbocycles. The molecule has 1 aromatic rings. The highest BCUT2D eigenvalue weighted by Gasteiger charge is 2.36. The van der Waals surface area contributed by atoms with E-state index in [1.807, 2.05) is 32.0 Å². The first-order valence-corrected chi connectivity index (χ1v) is 10.7. The van der Waals surface area contributed by atoms with Crippen LogP contribution in [-0.2, 0) is 9.53 Å². The van der Waals surface area contributed by atoms with Gasteiger partial charge in [-0.15, -0.1) is 0 Å². The lowest BCUT2D eigenvalue weighted by Crippen LogP contribution is -2.96. The molecule has 2 rings (SSSR count). The summed E-state index contributed by atoms with van der Waals surface area (Å²) in [5, 5.41) is 8.00. The van der Waals surface area contributed by atoms with Crippen LogP contribution in [0, 0.1) is 19.3 Å². The standard InChI is InChI=1S/C24H37N3O3/c1-9-30-21(28)19-18(13-25-24(7,8)14-23(4,5)6)26-22(29)27-20(19)17-12-15(2)10-11-16(17)3/h10-12,20,25H,9,13-14H2,1-8H3,(H2,26,27,29)/p+1/t20-/m1/s1. The van der Waals surface area contributed by atoms with E-state index in [2.05, 4.69) is 50.6 Å². The van der Waals surface area contributed by atoms with Crippen LogP contribution in [0.3, 0.4) is 0 Å². The Morgan fingerprint density at radius 3 is 2.43 bits per heavy atom. The van der Waals surface area contributed by atoms with E-state index in [0.29, 0.717) is 17.8 Å². The van der Waals surface area contributed by atoms with Gasteiger partial charge in [0, 0.05) is 6.42 Å². The summed E-state index contributed by atoms with van der Waals surface area (Å²) in [6.07, 6.45) is 0.995. The number of amides is 2. The minimum atomic E-state index is -0.535. The lowest BCUT2D eigenvalue weighted by molar-refractivity contribution is -0.717. The molecule has 2 amide bonds. The summed E-state index contributed by atoms with van der Waals surface area (Å²) in [7, 11) is 0. The van der Waals surface area contributed by atoms with E-state index in [1.165, 1.54) is 0 Å². The summed E-state index contributed by atoms with van der Waals surface area (Å²) in [4.78, 5) is 25.5. The van der Waals surface area contributed by atoms with Crippen molar-refractivity contribution in [1.29, 1.82) is 0 Å². The number of nitrogens with one attached hydrogen (secondary N) is 2. The maximum Gasteiger partial charge on any atom is 0.338 e. The van der Waals surface area contributed by atoms with Gasteiger partial charge in [-0.3, -0.25) is 0 Å². The van der Waals surface area contributed by atoms with E-state index in [-0.39, 0.29) is 23.6 Å². The van der Waals surface area contributed by atoms with Crippen LogP contribution in [0.25, 0.3) is 0 Å². The molecule has 1 aliphatic heterocycles. The molecule has 30 heavy (non-hydrogen) atoms. The van der Waals surface area contributed by atoms with E-state index in [1.54, 1.807) is 6.92 Å². The average Bonchev–Trinajstić information content (AvgIpc) is 2.59. The minimum Gasteiger partial charge on any atom is -0.463 e. The molecule has 1 aromatic carbocycles. The van der Waals surface area contributed by atoms with Crippen LogP contribution in [0.4, 0.5) is 4.79 Å². The Hall–Kier alpha value is -2.34. The van der Waals surface area contributed by atoms with Crippen molar-refractivity contribution in [2.24, 2.45) is 5.41 Å². The number of hydrogen-bond donors (Lipinski definition) is 3. The molecule has 0 unspecified atom stereocenters. The number of aryl methyl sites for hydroxylation is 2. The highest BCUT2D eigenvalue weighted by Crippen LogP contribution is 2.30. The van der Waals surface area contributed by atoms with E-state index in [0.717, 1.165) is 23.1 Å². The zero-order chi connectivity index (χ0) is 22.7. The van der Waals surface area contributed by atoms with Crippen molar-refractivity contribution in [1.82, 2.24) is 10.6 Å². The lowest BCUT2D eigenvalue weighted by atomic mass is 9.81. The second-order valence-corrected chi connectivity index (χ2v) is 10.1. The van der Waals surface area contributed by atoms with Gasteiger partial charge >= 0.3 is 12.0 Å². The third kappa shape index (κ3) is 6.33. The first-order chi connectivity index (χ1) is 13.8. The van der Waals surface area contributed by atoms with Crippen LogP contribution in [-0.4, -0.2) is 30.7 Å². The molecule has 0 bridgehead atoms. The predicted molar refractivity (Wildman–Crippen MR) is 119 cm³/mol. The van der Waals surface area contributed by atoms with Crippen molar-refractivity contribution in [3.8, 4) is 0 Å². The number of carbonyl (C=O) groups excluding carboxylic acids is 2. The number of rotatable bonds is 7. The third-order valence-electron chi connectivity index (χ3n) is 5.24. The van der Waals surface area contributed by atoms with Crippen LogP contribution in [0.2, 0.25) is 0 Å². The smallest absolute Gasteiger partial charge is 0.338 e. The molecule has 0 aliphatic carbocycles. The normalized spacial score (nSPS) is 17.5. The number of hydrogen-bond acceptors (Lipinski definition) is 3. The van der Waals surface area contributed by atoms with Gasteiger partial charge in [0.2, 0.25) is 0 Å². The molecule has 0 saturated heterocycles. The second kappa shape index (κ2) is 9.21. The SMILES string of the molecule is CCOC(=O)C1=C(C[NH2+]C(C)(C)CC(C)(C)C)NC(=O)N[C@@H]1c1cc(C)ccc1C. The van der Waals surface area contributed by atoms with Crippen LogP contribution < -0.4 is 16.0 Å². The Labute approximate surface area is 180 Å². The van der Waals surface area contributed by atoms with Gasteiger partial charge in [0.05, 0.1) is 29.5 Å². The molecule has 6 heteroatoms. The van der Waals surface area contributed by atoms with Gasteiger partial charge < -0.3 is 20.7 Å². The molecule has 0 fully saturated rings. The molecule has 0 spiro atoms. The fourth-order valence-corrected chi connectivity index (χ4v) is 4.35. The van der Waals surface area contributed by atoms with E-state index in [9.17, 15) is 9.59 Å². The number of ether oxygens (including phenoxy) is 1. The molecule has 1 atom stereocenters. The van der Waals surface area contributed by atoms with Crippen molar-refractivity contribution >= 4 is 12.0 Å². The van der Waals surface area contributed by atoms with Gasteiger partial charge in [-0.1, -0.05) is 44.5 Å². The monoisotopic (exact) mass is 416 g/mol. The Bertz CT molecular complexity index is 835. The third-order valence-corrected chi connectivity index (χ3v) is 5.24. The van der Waals surface area contributed by atoms with Crippen LogP contribution >= 0.6 is 0 Å². The predicted octanol–water partition coefficient (Wildman–Crippen LogP) is 3.25. The number of carbonyl (C=O) groups is 2. The Morgan fingerprint density at radius 1 is 1.17 bits per heavy atom. The maximum absolute atomic E-state index is 13.0. The van der Waals surface area contributed by atoms with Gasteiger partial charge in [-0.2, -0.15) is 0 Å². The average molecular weight is 417 g/mol. The summed E-state index contributed by atoms with van der Waals surface area (Å²) in [5.74, 6) is -0.395.